The van der Waals surface area contributed by atoms with Crippen LogP contribution >= 0.6 is 0 Å². The number of rotatable bonds is 3. The lowest BCUT2D eigenvalue weighted by Gasteiger charge is -2.29. The van der Waals surface area contributed by atoms with Crippen molar-refractivity contribution < 1.29 is 18.7 Å². The van der Waals surface area contributed by atoms with Crippen LogP contribution in [0.3, 0.4) is 0 Å². The molecule has 1 aromatic carbocycles. The number of amides is 1. The van der Waals surface area contributed by atoms with E-state index in [-0.39, 0.29) is 29.8 Å². The fourth-order valence-electron chi connectivity index (χ4n) is 3.99. The molecule has 0 bridgehead atoms. The molecule has 0 unspecified atom stereocenters. The molecule has 0 aliphatic carbocycles. The number of carbonyl (C=O) groups excluding carboxylic acids is 1. The molecule has 1 saturated heterocycles. The second-order valence-corrected chi connectivity index (χ2v) is 7.49. The standard InChI is InChI=1S/C21H19F2N5O2/c22-13-2-1-3-14(23)19(13)15-8-17(20-16(26-15)9-24-21(20)30)28-10-18(25-11-28)27-6-4-12(29)5-7-27/h1-3,8,10-12,29H,4-7,9H2,(H,24,30). The smallest absolute Gasteiger partial charge is 0.255 e. The zero-order valence-corrected chi connectivity index (χ0v) is 16.0. The van der Waals surface area contributed by atoms with E-state index < -0.39 is 11.6 Å². The van der Waals surface area contributed by atoms with Crippen molar-refractivity contribution in [1.29, 1.82) is 0 Å². The van der Waals surface area contributed by atoms with Crippen molar-refractivity contribution in [2.24, 2.45) is 0 Å². The monoisotopic (exact) mass is 411 g/mol. The number of benzene rings is 1. The molecule has 0 saturated carbocycles. The van der Waals surface area contributed by atoms with E-state index in [0.29, 0.717) is 48.7 Å². The molecule has 2 N–H and O–H groups in total. The molecular weight excluding hydrogens is 392 g/mol. The molecule has 2 aliphatic heterocycles. The van der Waals surface area contributed by atoms with E-state index in [4.69, 9.17) is 0 Å². The summed E-state index contributed by atoms with van der Waals surface area (Å²) >= 11 is 0. The summed E-state index contributed by atoms with van der Waals surface area (Å²) in [4.78, 5) is 23.3. The van der Waals surface area contributed by atoms with Crippen LogP contribution in [0.25, 0.3) is 16.9 Å². The Balaban J connectivity index is 1.60. The molecule has 0 radical (unpaired) electrons. The first-order valence-corrected chi connectivity index (χ1v) is 9.75. The van der Waals surface area contributed by atoms with Crippen molar-refractivity contribution in [3.63, 3.8) is 0 Å². The van der Waals surface area contributed by atoms with Crippen LogP contribution in [0.5, 0.6) is 0 Å². The van der Waals surface area contributed by atoms with Gasteiger partial charge in [-0.3, -0.25) is 4.79 Å². The summed E-state index contributed by atoms with van der Waals surface area (Å²) in [5.41, 5.74) is 1.15. The maximum absolute atomic E-state index is 14.4. The molecule has 0 atom stereocenters. The van der Waals surface area contributed by atoms with Gasteiger partial charge in [0.2, 0.25) is 0 Å². The number of carbonyl (C=O) groups is 1. The highest BCUT2D eigenvalue weighted by Gasteiger charge is 2.28. The Morgan fingerprint density at radius 1 is 1.13 bits per heavy atom. The predicted octanol–water partition coefficient (Wildman–Crippen LogP) is 2.42. The fraction of sp³-hybridized carbons (Fsp3) is 0.286. The number of aromatic nitrogens is 3. The van der Waals surface area contributed by atoms with Crippen LogP contribution in [0.4, 0.5) is 14.6 Å². The summed E-state index contributed by atoms with van der Waals surface area (Å²) in [6.45, 7) is 1.55. The van der Waals surface area contributed by atoms with E-state index in [1.807, 2.05) is 0 Å². The van der Waals surface area contributed by atoms with Crippen molar-refractivity contribution in [2.45, 2.75) is 25.5 Å². The lowest BCUT2D eigenvalue weighted by Crippen LogP contribution is -2.35. The van der Waals surface area contributed by atoms with E-state index in [1.165, 1.54) is 24.3 Å². The maximum atomic E-state index is 14.4. The molecular formula is C21H19F2N5O2. The number of fused-ring (bicyclic) bond motifs is 1. The minimum Gasteiger partial charge on any atom is -0.393 e. The second kappa shape index (κ2) is 7.17. The summed E-state index contributed by atoms with van der Waals surface area (Å²) in [7, 11) is 0. The van der Waals surface area contributed by atoms with Crippen molar-refractivity contribution in [3.05, 3.63) is 59.7 Å². The average molecular weight is 411 g/mol. The number of imidazole rings is 1. The number of aliphatic hydroxyl groups is 1. The molecule has 7 nitrogen and oxygen atoms in total. The number of nitrogens with one attached hydrogen (secondary N) is 1. The van der Waals surface area contributed by atoms with Gasteiger partial charge in [-0.05, 0) is 31.0 Å². The number of anilines is 1. The molecule has 9 heteroatoms. The molecule has 1 amide bonds. The van der Waals surface area contributed by atoms with Gasteiger partial charge in [0.1, 0.15) is 23.8 Å². The Labute approximate surface area is 171 Å². The Hall–Kier alpha value is -3.33. The van der Waals surface area contributed by atoms with Crippen LogP contribution in [0, 0.1) is 11.6 Å². The Bertz CT molecular complexity index is 1120. The molecule has 30 heavy (non-hydrogen) atoms. The van der Waals surface area contributed by atoms with Crippen LogP contribution in [0.1, 0.15) is 28.9 Å². The van der Waals surface area contributed by atoms with E-state index >= 15 is 0 Å². The molecule has 1 fully saturated rings. The first-order valence-electron chi connectivity index (χ1n) is 9.75. The number of pyridine rings is 1. The van der Waals surface area contributed by atoms with Gasteiger partial charge < -0.3 is 19.9 Å². The summed E-state index contributed by atoms with van der Waals surface area (Å²) in [6, 6.07) is 5.16. The normalized spacial score (nSPS) is 16.6. The third-order valence-corrected chi connectivity index (χ3v) is 5.57. The fourth-order valence-corrected chi connectivity index (χ4v) is 3.99. The highest BCUT2D eigenvalue weighted by Crippen LogP contribution is 2.31. The average Bonchev–Trinajstić information content (AvgIpc) is 3.36. The molecule has 154 valence electrons. The third-order valence-electron chi connectivity index (χ3n) is 5.57. The summed E-state index contributed by atoms with van der Waals surface area (Å²) in [6.07, 6.45) is 4.38. The van der Waals surface area contributed by atoms with Gasteiger partial charge in [-0.25, -0.2) is 18.7 Å². The lowest BCUT2D eigenvalue weighted by atomic mass is 10.1. The van der Waals surface area contributed by atoms with Gasteiger partial charge in [0, 0.05) is 13.1 Å². The van der Waals surface area contributed by atoms with Crippen LogP contribution in [-0.2, 0) is 6.54 Å². The van der Waals surface area contributed by atoms with Crippen molar-refractivity contribution in [2.75, 3.05) is 18.0 Å². The number of piperidine rings is 1. The zero-order valence-electron chi connectivity index (χ0n) is 16.0. The largest absolute Gasteiger partial charge is 0.393 e. The van der Waals surface area contributed by atoms with E-state index in [9.17, 15) is 18.7 Å². The van der Waals surface area contributed by atoms with E-state index in [2.05, 4.69) is 20.2 Å². The summed E-state index contributed by atoms with van der Waals surface area (Å²) < 4.78 is 30.4. The minimum absolute atomic E-state index is 0.118. The van der Waals surface area contributed by atoms with Crippen molar-refractivity contribution in [1.82, 2.24) is 19.9 Å². The maximum Gasteiger partial charge on any atom is 0.255 e. The Morgan fingerprint density at radius 2 is 1.87 bits per heavy atom. The second-order valence-electron chi connectivity index (χ2n) is 7.49. The number of hydrogen-bond donors (Lipinski definition) is 2. The number of aliphatic hydroxyl groups excluding tert-OH is 1. The third kappa shape index (κ3) is 3.11. The van der Waals surface area contributed by atoms with Crippen molar-refractivity contribution in [3.8, 4) is 16.9 Å². The molecule has 3 aromatic rings. The number of hydrogen-bond acceptors (Lipinski definition) is 5. The number of halogens is 2. The zero-order chi connectivity index (χ0) is 20.8. The predicted molar refractivity (Wildman–Crippen MR) is 105 cm³/mol. The van der Waals surface area contributed by atoms with Crippen LogP contribution in [0.15, 0.2) is 36.8 Å². The lowest BCUT2D eigenvalue weighted by molar-refractivity contribution is 0.0965. The van der Waals surface area contributed by atoms with Gasteiger partial charge in [0.05, 0.1) is 47.0 Å². The quantitative estimate of drug-likeness (QED) is 0.692. The van der Waals surface area contributed by atoms with Gasteiger partial charge in [-0.2, -0.15) is 0 Å². The highest BCUT2D eigenvalue weighted by atomic mass is 19.1. The Kier molecular flexibility index (Phi) is 4.47. The Morgan fingerprint density at radius 3 is 2.60 bits per heavy atom. The van der Waals surface area contributed by atoms with Gasteiger partial charge in [0.25, 0.3) is 5.91 Å². The van der Waals surface area contributed by atoms with Gasteiger partial charge in [0.15, 0.2) is 0 Å². The molecule has 5 rings (SSSR count). The molecule has 4 heterocycles. The van der Waals surface area contributed by atoms with Gasteiger partial charge in [-0.1, -0.05) is 6.07 Å². The molecule has 2 aromatic heterocycles. The first-order chi connectivity index (χ1) is 14.5. The number of nitrogens with zero attached hydrogens (tertiary/aromatic N) is 4. The van der Waals surface area contributed by atoms with Gasteiger partial charge in [-0.15, -0.1) is 0 Å². The first kappa shape index (κ1) is 18.7. The van der Waals surface area contributed by atoms with Crippen molar-refractivity contribution >= 4 is 11.7 Å². The van der Waals surface area contributed by atoms with Gasteiger partial charge >= 0.3 is 0 Å². The topological polar surface area (TPSA) is 83.3 Å². The minimum atomic E-state index is -0.719. The summed E-state index contributed by atoms with van der Waals surface area (Å²) in [5, 5.41) is 12.4. The summed E-state index contributed by atoms with van der Waals surface area (Å²) in [5.74, 6) is -1.01. The van der Waals surface area contributed by atoms with Crippen LogP contribution in [-0.4, -0.2) is 44.7 Å². The molecule has 0 spiro atoms. The van der Waals surface area contributed by atoms with E-state index in [0.717, 1.165) is 0 Å². The highest BCUT2D eigenvalue weighted by molar-refractivity contribution is 6.01. The van der Waals surface area contributed by atoms with Crippen LogP contribution in [0.2, 0.25) is 0 Å². The van der Waals surface area contributed by atoms with E-state index in [1.54, 1.807) is 17.1 Å². The van der Waals surface area contributed by atoms with Crippen LogP contribution < -0.4 is 10.2 Å². The molecule has 2 aliphatic rings. The SMILES string of the molecule is O=C1NCc2nc(-c3c(F)cccc3F)cc(-n3cnc(N4CCC(O)CC4)c3)c21.